The van der Waals surface area contributed by atoms with Crippen molar-refractivity contribution in [3.8, 4) is 5.75 Å². The molecule has 1 N–H and O–H groups in total. The van der Waals surface area contributed by atoms with Crippen molar-refractivity contribution >= 4 is 29.1 Å². The Hall–Kier alpha value is -2.90. The molecule has 0 aromatic heterocycles. The molecule has 1 amide bonds. The molecule has 162 valence electrons. The summed E-state index contributed by atoms with van der Waals surface area (Å²) < 4.78 is 24.5. The van der Waals surface area contributed by atoms with E-state index in [4.69, 9.17) is 21.1 Å². The van der Waals surface area contributed by atoms with Crippen molar-refractivity contribution < 1.29 is 28.6 Å². The summed E-state index contributed by atoms with van der Waals surface area (Å²) in [6.45, 7) is 0.783. The third-order valence-corrected chi connectivity index (χ3v) is 5.80. The maximum atomic E-state index is 13.6. The first kappa shape index (κ1) is 21.3. The molecule has 0 saturated carbocycles. The average molecular weight is 446 g/mol. The quantitative estimate of drug-likeness (QED) is 0.426. The van der Waals surface area contributed by atoms with E-state index in [2.05, 4.69) is 0 Å². The summed E-state index contributed by atoms with van der Waals surface area (Å²) >= 11 is 6.09. The second-order valence-electron chi connectivity index (χ2n) is 7.48. The summed E-state index contributed by atoms with van der Waals surface area (Å²) in [6, 6.07) is 9.22. The zero-order valence-electron chi connectivity index (χ0n) is 16.8. The van der Waals surface area contributed by atoms with Crippen LogP contribution in [0.2, 0.25) is 5.02 Å². The van der Waals surface area contributed by atoms with Crippen LogP contribution in [0.3, 0.4) is 0 Å². The first-order valence-corrected chi connectivity index (χ1v) is 10.3. The van der Waals surface area contributed by atoms with Crippen molar-refractivity contribution in [2.24, 2.45) is 0 Å². The first-order chi connectivity index (χ1) is 14.9. The number of amides is 1. The minimum Gasteiger partial charge on any atom is -0.507 e. The smallest absolute Gasteiger partial charge is 0.295 e. The van der Waals surface area contributed by atoms with E-state index in [-0.39, 0.29) is 23.8 Å². The van der Waals surface area contributed by atoms with Gasteiger partial charge < -0.3 is 19.5 Å². The van der Waals surface area contributed by atoms with Gasteiger partial charge in [0.1, 0.15) is 17.3 Å². The third-order valence-electron chi connectivity index (χ3n) is 5.57. The number of aliphatic hydroxyl groups is 1. The highest BCUT2D eigenvalue weighted by Crippen LogP contribution is 2.42. The molecule has 2 heterocycles. The Balaban J connectivity index is 1.87. The number of hydrogen-bond donors (Lipinski definition) is 1. The molecular weight excluding hydrogens is 425 g/mol. The summed E-state index contributed by atoms with van der Waals surface area (Å²) in [4.78, 5) is 27.4. The van der Waals surface area contributed by atoms with Gasteiger partial charge in [-0.3, -0.25) is 9.59 Å². The van der Waals surface area contributed by atoms with Crippen molar-refractivity contribution in [3.05, 3.63) is 70.0 Å². The highest BCUT2D eigenvalue weighted by Gasteiger charge is 2.47. The summed E-state index contributed by atoms with van der Waals surface area (Å²) in [5.41, 5.74) is 0.591. The summed E-state index contributed by atoms with van der Waals surface area (Å²) in [7, 11) is 1.42. The maximum Gasteiger partial charge on any atom is 0.295 e. The lowest BCUT2D eigenvalue weighted by Gasteiger charge is -2.27. The standard InChI is InChI=1S/C23H21ClFNO5/c1-30-18-9-6-14(24)11-17(18)21(27)19-20(13-4-7-15(25)8-5-13)26(23(29)22(19)28)12-16-3-2-10-31-16/h4-9,11,16,20,27H,2-3,10,12H2,1H3/b21-19+. The number of carbonyl (C=O) groups is 2. The fraction of sp³-hybridized carbons (Fsp3) is 0.304. The Kier molecular flexibility index (Phi) is 5.98. The average Bonchev–Trinajstić information content (AvgIpc) is 3.36. The van der Waals surface area contributed by atoms with Gasteiger partial charge >= 0.3 is 0 Å². The van der Waals surface area contributed by atoms with Crippen molar-refractivity contribution in [1.82, 2.24) is 4.90 Å². The second-order valence-corrected chi connectivity index (χ2v) is 7.92. The Labute approximate surface area is 183 Å². The molecule has 8 heteroatoms. The summed E-state index contributed by atoms with van der Waals surface area (Å²) in [5, 5.41) is 11.5. The number of methoxy groups -OCH3 is 1. The number of halogens is 2. The van der Waals surface area contributed by atoms with Crippen molar-refractivity contribution in [3.63, 3.8) is 0 Å². The van der Waals surface area contributed by atoms with Crippen LogP contribution in [0.15, 0.2) is 48.0 Å². The molecule has 31 heavy (non-hydrogen) atoms. The van der Waals surface area contributed by atoms with E-state index in [1.807, 2.05) is 0 Å². The minimum absolute atomic E-state index is 0.102. The number of carbonyl (C=O) groups excluding carboxylic acids is 2. The van der Waals surface area contributed by atoms with Gasteiger partial charge in [0, 0.05) is 18.2 Å². The fourth-order valence-electron chi connectivity index (χ4n) is 4.08. The van der Waals surface area contributed by atoms with Gasteiger partial charge in [-0.05, 0) is 48.7 Å². The second kappa shape index (κ2) is 8.69. The molecule has 0 aliphatic carbocycles. The largest absolute Gasteiger partial charge is 0.507 e. The number of Topliss-reactive ketones (excluding diaryl/α,β-unsaturated/α-hetero) is 1. The minimum atomic E-state index is -0.895. The number of nitrogens with zero attached hydrogens (tertiary/aromatic N) is 1. The van der Waals surface area contributed by atoms with E-state index in [1.54, 1.807) is 12.1 Å². The van der Waals surface area contributed by atoms with E-state index in [0.29, 0.717) is 22.9 Å². The van der Waals surface area contributed by atoms with Crippen LogP contribution in [-0.2, 0) is 14.3 Å². The van der Waals surface area contributed by atoms with Crippen LogP contribution in [0, 0.1) is 5.82 Å². The molecule has 2 aliphatic rings. The zero-order chi connectivity index (χ0) is 22.1. The Bertz CT molecular complexity index is 1050. The van der Waals surface area contributed by atoms with Gasteiger partial charge in [-0.15, -0.1) is 0 Å². The molecule has 0 radical (unpaired) electrons. The lowest BCUT2D eigenvalue weighted by Crippen LogP contribution is -2.36. The number of benzene rings is 2. The topological polar surface area (TPSA) is 76.1 Å². The molecule has 2 unspecified atom stereocenters. The lowest BCUT2D eigenvalue weighted by molar-refractivity contribution is -0.140. The predicted octanol–water partition coefficient (Wildman–Crippen LogP) is 4.09. The molecule has 2 fully saturated rings. The van der Waals surface area contributed by atoms with Crippen molar-refractivity contribution in [2.45, 2.75) is 25.0 Å². The summed E-state index contributed by atoms with van der Waals surface area (Å²) in [5.74, 6) is -2.12. The van der Waals surface area contributed by atoms with Gasteiger partial charge in [-0.2, -0.15) is 0 Å². The van der Waals surface area contributed by atoms with Crippen LogP contribution in [-0.4, -0.2) is 48.1 Å². The lowest BCUT2D eigenvalue weighted by atomic mass is 9.95. The van der Waals surface area contributed by atoms with Gasteiger partial charge in [-0.1, -0.05) is 23.7 Å². The SMILES string of the molecule is COc1ccc(Cl)cc1/C(O)=C1\C(=O)C(=O)N(CC2CCCO2)C1c1ccc(F)cc1. The molecule has 0 spiro atoms. The van der Waals surface area contributed by atoms with Gasteiger partial charge in [0.05, 0.1) is 30.4 Å². The zero-order valence-corrected chi connectivity index (χ0v) is 17.6. The monoisotopic (exact) mass is 445 g/mol. The first-order valence-electron chi connectivity index (χ1n) is 9.90. The molecule has 2 aliphatic heterocycles. The van der Waals surface area contributed by atoms with E-state index < -0.39 is 29.3 Å². The van der Waals surface area contributed by atoms with E-state index in [9.17, 15) is 19.1 Å². The Morgan fingerprint density at radius 2 is 2.00 bits per heavy atom. The van der Waals surface area contributed by atoms with Crippen LogP contribution in [0.4, 0.5) is 4.39 Å². The highest BCUT2D eigenvalue weighted by atomic mass is 35.5. The van der Waals surface area contributed by atoms with Crippen LogP contribution < -0.4 is 4.74 Å². The number of ketones is 1. The van der Waals surface area contributed by atoms with E-state index in [0.717, 1.165) is 12.8 Å². The van der Waals surface area contributed by atoms with Gasteiger partial charge in [0.2, 0.25) is 0 Å². The number of aliphatic hydroxyl groups excluding tert-OH is 1. The Morgan fingerprint density at radius 3 is 2.65 bits per heavy atom. The number of rotatable bonds is 5. The molecule has 2 saturated heterocycles. The molecule has 2 aromatic carbocycles. The van der Waals surface area contributed by atoms with Crippen LogP contribution in [0.25, 0.3) is 5.76 Å². The molecular formula is C23H21ClFNO5. The number of ether oxygens (including phenoxy) is 2. The van der Waals surface area contributed by atoms with Crippen LogP contribution in [0.5, 0.6) is 5.75 Å². The van der Waals surface area contributed by atoms with Gasteiger partial charge in [0.15, 0.2) is 0 Å². The van der Waals surface area contributed by atoms with Crippen LogP contribution >= 0.6 is 11.6 Å². The normalized spacial score (nSPS) is 22.9. The third kappa shape index (κ3) is 4.03. The van der Waals surface area contributed by atoms with E-state index in [1.165, 1.54) is 42.3 Å². The molecule has 2 aromatic rings. The van der Waals surface area contributed by atoms with Crippen molar-refractivity contribution in [1.29, 1.82) is 0 Å². The van der Waals surface area contributed by atoms with Gasteiger partial charge in [0.25, 0.3) is 11.7 Å². The molecule has 6 nitrogen and oxygen atoms in total. The summed E-state index contributed by atoms with van der Waals surface area (Å²) in [6.07, 6.45) is 1.43. The predicted molar refractivity (Wildman–Crippen MR) is 112 cm³/mol. The van der Waals surface area contributed by atoms with E-state index >= 15 is 0 Å². The van der Waals surface area contributed by atoms with Gasteiger partial charge in [-0.25, -0.2) is 4.39 Å². The molecule has 2 atom stereocenters. The van der Waals surface area contributed by atoms with Crippen molar-refractivity contribution in [2.75, 3.05) is 20.3 Å². The fourth-order valence-corrected chi connectivity index (χ4v) is 4.25. The maximum absolute atomic E-state index is 13.6. The Morgan fingerprint density at radius 1 is 1.26 bits per heavy atom. The molecule has 4 rings (SSSR count). The number of hydrogen-bond acceptors (Lipinski definition) is 5. The number of likely N-dealkylation sites (tertiary alicyclic amines) is 1. The highest BCUT2D eigenvalue weighted by molar-refractivity contribution is 6.46. The van der Waals surface area contributed by atoms with Crippen LogP contribution in [0.1, 0.15) is 30.0 Å². The molecule has 0 bridgehead atoms.